The molecule has 1 saturated heterocycles. The van der Waals surface area contributed by atoms with E-state index in [1.165, 1.54) is 6.07 Å². The summed E-state index contributed by atoms with van der Waals surface area (Å²) in [6, 6.07) is 1.49. The second-order valence-electron chi connectivity index (χ2n) is 4.86. The Labute approximate surface area is 100 Å². The SMILES string of the molecule is Cc1cc(C(=O)O)nc(N2CC(C)C(C)C2)n1. The van der Waals surface area contributed by atoms with Crippen LogP contribution >= 0.6 is 0 Å². The molecule has 2 atom stereocenters. The van der Waals surface area contributed by atoms with Crippen molar-refractivity contribution in [1.82, 2.24) is 9.97 Å². The van der Waals surface area contributed by atoms with Gasteiger partial charge >= 0.3 is 5.97 Å². The first-order valence-corrected chi connectivity index (χ1v) is 5.81. The fourth-order valence-corrected chi connectivity index (χ4v) is 2.10. The summed E-state index contributed by atoms with van der Waals surface area (Å²) in [5, 5.41) is 8.97. The topological polar surface area (TPSA) is 66.3 Å². The molecule has 0 saturated carbocycles. The minimum absolute atomic E-state index is 0.0692. The van der Waals surface area contributed by atoms with Crippen LogP contribution in [-0.4, -0.2) is 34.1 Å². The van der Waals surface area contributed by atoms with Crippen LogP contribution in [0.4, 0.5) is 5.95 Å². The number of anilines is 1. The van der Waals surface area contributed by atoms with Crippen LogP contribution in [-0.2, 0) is 0 Å². The fourth-order valence-electron chi connectivity index (χ4n) is 2.10. The Balaban J connectivity index is 2.30. The van der Waals surface area contributed by atoms with Gasteiger partial charge in [0.1, 0.15) is 0 Å². The third-order valence-corrected chi connectivity index (χ3v) is 3.33. The Morgan fingerprint density at radius 2 is 1.94 bits per heavy atom. The van der Waals surface area contributed by atoms with Crippen LogP contribution in [0, 0.1) is 18.8 Å². The number of carboxylic acid groups (broad SMARTS) is 1. The molecule has 1 aromatic rings. The number of aromatic nitrogens is 2. The first-order chi connectivity index (χ1) is 7.97. The zero-order valence-electron chi connectivity index (χ0n) is 10.3. The van der Waals surface area contributed by atoms with Crippen LogP contribution in [0.25, 0.3) is 0 Å². The fraction of sp³-hybridized carbons (Fsp3) is 0.583. The Bertz CT molecular complexity index is 437. The van der Waals surface area contributed by atoms with E-state index >= 15 is 0 Å². The smallest absolute Gasteiger partial charge is 0.354 e. The maximum Gasteiger partial charge on any atom is 0.354 e. The monoisotopic (exact) mass is 235 g/mol. The van der Waals surface area contributed by atoms with Gasteiger partial charge in [-0.05, 0) is 24.8 Å². The van der Waals surface area contributed by atoms with Gasteiger partial charge in [0.25, 0.3) is 0 Å². The normalized spacial score (nSPS) is 24.1. The summed E-state index contributed by atoms with van der Waals surface area (Å²) in [6.07, 6.45) is 0. The van der Waals surface area contributed by atoms with Crippen molar-refractivity contribution in [2.45, 2.75) is 20.8 Å². The van der Waals surface area contributed by atoms with E-state index in [0.717, 1.165) is 13.1 Å². The third kappa shape index (κ3) is 2.38. The molecule has 0 bridgehead atoms. The predicted octanol–water partition coefficient (Wildman–Crippen LogP) is 1.58. The van der Waals surface area contributed by atoms with Crippen LogP contribution in [0.5, 0.6) is 0 Å². The maximum absolute atomic E-state index is 10.9. The van der Waals surface area contributed by atoms with Crippen LogP contribution in [0.1, 0.15) is 30.0 Å². The maximum atomic E-state index is 10.9. The molecule has 0 spiro atoms. The van der Waals surface area contributed by atoms with Gasteiger partial charge in [0.05, 0.1) is 0 Å². The summed E-state index contributed by atoms with van der Waals surface area (Å²) < 4.78 is 0. The summed E-state index contributed by atoms with van der Waals surface area (Å²) in [5.41, 5.74) is 0.763. The Hall–Kier alpha value is -1.65. The molecule has 0 amide bonds. The number of carbonyl (C=O) groups is 1. The van der Waals surface area contributed by atoms with Gasteiger partial charge < -0.3 is 10.0 Å². The van der Waals surface area contributed by atoms with E-state index in [2.05, 4.69) is 28.7 Å². The van der Waals surface area contributed by atoms with E-state index in [1.807, 2.05) is 0 Å². The molecule has 2 unspecified atom stereocenters. The quantitative estimate of drug-likeness (QED) is 0.843. The molecule has 0 aliphatic carbocycles. The zero-order chi connectivity index (χ0) is 12.6. The van der Waals surface area contributed by atoms with E-state index in [-0.39, 0.29) is 5.69 Å². The van der Waals surface area contributed by atoms with Gasteiger partial charge in [0.2, 0.25) is 5.95 Å². The number of aryl methyl sites for hydroxylation is 1. The van der Waals surface area contributed by atoms with Crippen molar-refractivity contribution in [3.63, 3.8) is 0 Å². The molecule has 5 heteroatoms. The summed E-state index contributed by atoms with van der Waals surface area (Å²) in [7, 11) is 0. The lowest BCUT2D eigenvalue weighted by molar-refractivity contribution is 0.0690. The Kier molecular flexibility index (Phi) is 3.00. The molecular formula is C12H17N3O2. The van der Waals surface area contributed by atoms with Gasteiger partial charge in [0, 0.05) is 18.8 Å². The molecule has 17 heavy (non-hydrogen) atoms. The minimum atomic E-state index is -1.00. The second-order valence-corrected chi connectivity index (χ2v) is 4.86. The average molecular weight is 235 g/mol. The van der Waals surface area contributed by atoms with Gasteiger partial charge in [-0.15, -0.1) is 0 Å². The van der Waals surface area contributed by atoms with E-state index < -0.39 is 5.97 Å². The first-order valence-electron chi connectivity index (χ1n) is 5.81. The summed E-state index contributed by atoms with van der Waals surface area (Å²) in [5.74, 6) is 0.718. The lowest BCUT2D eigenvalue weighted by Crippen LogP contribution is -2.23. The minimum Gasteiger partial charge on any atom is -0.477 e. The van der Waals surface area contributed by atoms with Gasteiger partial charge in [-0.2, -0.15) is 0 Å². The predicted molar refractivity (Wildman–Crippen MR) is 64.3 cm³/mol. The van der Waals surface area contributed by atoms with Crippen LogP contribution in [0.2, 0.25) is 0 Å². The third-order valence-electron chi connectivity index (χ3n) is 3.33. The largest absolute Gasteiger partial charge is 0.477 e. The highest BCUT2D eigenvalue weighted by atomic mass is 16.4. The molecule has 1 aliphatic heterocycles. The van der Waals surface area contributed by atoms with Crippen molar-refractivity contribution in [2.75, 3.05) is 18.0 Å². The van der Waals surface area contributed by atoms with Crippen LogP contribution in [0.15, 0.2) is 6.07 Å². The number of hydrogen-bond donors (Lipinski definition) is 1. The molecule has 1 aliphatic rings. The number of carboxylic acids is 1. The molecular weight excluding hydrogens is 218 g/mol. The number of rotatable bonds is 2. The van der Waals surface area contributed by atoms with Crippen LogP contribution < -0.4 is 4.90 Å². The lowest BCUT2D eigenvalue weighted by Gasteiger charge is -2.16. The first kappa shape index (κ1) is 11.8. The summed E-state index contributed by atoms with van der Waals surface area (Å²) >= 11 is 0. The van der Waals surface area contributed by atoms with Crippen molar-refractivity contribution in [2.24, 2.45) is 11.8 Å². The number of hydrogen-bond acceptors (Lipinski definition) is 4. The van der Waals surface area contributed by atoms with E-state index in [9.17, 15) is 4.79 Å². The molecule has 2 rings (SSSR count). The van der Waals surface area contributed by atoms with Gasteiger partial charge in [-0.25, -0.2) is 14.8 Å². The molecule has 1 aromatic heterocycles. The zero-order valence-corrected chi connectivity index (χ0v) is 10.3. The molecule has 0 radical (unpaired) electrons. The Morgan fingerprint density at radius 3 is 2.47 bits per heavy atom. The Morgan fingerprint density at radius 1 is 1.35 bits per heavy atom. The van der Waals surface area contributed by atoms with Crippen molar-refractivity contribution in [3.8, 4) is 0 Å². The second kappa shape index (κ2) is 4.31. The van der Waals surface area contributed by atoms with Crippen molar-refractivity contribution >= 4 is 11.9 Å². The highest BCUT2D eigenvalue weighted by Gasteiger charge is 2.28. The number of nitrogens with zero attached hydrogens (tertiary/aromatic N) is 3. The van der Waals surface area contributed by atoms with E-state index in [4.69, 9.17) is 5.11 Å². The van der Waals surface area contributed by atoms with E-state index in [1.54, 1.807) is 6.92 Å². The van der Waals surface area contributed by atoms with E-state index in [0.29, 0.717) is 23.5 Å². The summed E-state index contributed by atoms with van der Waals surface area (Å²) in [6.45, 7) is 7.96. The molecule has 2 heterocycles. The van der Waals surface area contributed by atoms with Crippen molar-refractivity contribution in [3.05, 3.63) is 17.5 Å². The van der Waals surface area contributed by atoms with Gasteiger partial charge in [-0.3, -0.25) is 0 Å². The van der Waals surface area contributed by atoms with Crippen LogP contribution in [0.3, 0.4) is 0 Å². The summed E-state index contributed by atoms with van der Waals surface area (Å²) in [4.78, 5) is 21.4. The number of aromatic carboxylic acids is 1. The van der Waals surface area contributed by atoms with Gasteiger partial charge in [0.15, 0.2) is 5.69 Å². The highest BCUT2D eigenvalue weighted by molar-refractivity contribution is 5.85. The van der Waals surface area contributed by atoms with Gasteiger partial charge in [-0.1, -0.05) is 13.8 Å². The average Bonchev–Trinajstić information content (AvgIpc) is 2.58. The highest BCUT2D eigenvalue weighted by Crippen LogP contribution is 2.25. The van der Waals surface area contributed by atoms with Crippen molar-refractivity contribution in [1.29, 1.82) is 0 Å². The molecule has 1 fully saturated rings. The lowest BCUT2D eigenvalue weighted by atomic mass is 10.0. The molecule has 1 N–H and O–H groups in total. The molecule has 92 valence electrons. The molecule has 5 nitrogen and oxygen atoms in total. The molecule has 0 aromatic carbocycles. The standard InChI is InChI=1S/C12H17N3O2/c1-7-5-15(6-8(7)2)12-13-9(3)4-10(14-12)11(16)17/h4,7-8H,5-6H2,1-3H3,(H,16,17). The van der Waals surface area contributed by atoms with Crippen molar-refractivity contribution < 1.29 is 9.90 Å².